The first-order chi connectivity index (χ1) is 13.8. The van der Waals surface area contributed by atoms with Gasteiger partial charge in [-0.2, -0.15) is 0 Å². The Balaban J connectivity index is 2.38. The fourth-order valence-corrected chi connectivity index (χ4v) is 2.82. The summed E-state index contributed by atoms with van der Waals surface area (Å²) in [6, 6.07) is 4.95. The Morgan fingerprint density at radius 1 is 1.45 bits per heavy atom. The molecule has 8 N–H and O–H groups in total. The average molecular weight is 480 g/mol. The smallest absolute Gasteiger partial charge is 0.308 e. The third-order valence-electron chi connectivity index (χ3n) is 3.73. The minimum absolute atomic E-state index is 0.00354. The summed E-state index contributed by atoms with van der Waals surface area (Å²) >= 11 is 9.11. The summed E-state index contributed by atoms with van der Waals surface area (Å²) in [5, 5.41) is 26.2. The number of nitrogens with one attached hydrogen (secondary N) is 6. The van der Waals surface area contributed by atoms with E-state index in [-0.39, 0.29) is 32.8 Å². The number of allylic oxidation sites excluding steroid dienone is 3. The van der Waals surface area contributed by atoms with E-state index in [2.05, 4.69) is 43.3 Å². The minimum Gasteiger partial charge on any atom is -0.397 e. The zero-order valence-electron chi connectivity index (χ0n) is 15.2. The molecule has 29 heavy (non-hydrogen) atoms. The molecule has 0 aliphatic carbocycles. The van der Waals surface area contributed by atoms with E-state index in [1.165, 1.54) is 25.3 Å². The molecule has 0 spiro atoms. The van der Waals surface area contributed by atoms with Crippen molar-refractivity contribution in [1.29, 1.82) is 5.41 Å². The molecule has 2 rings (SSSR count). The Bertz CT molecular complexity index is 995. The molecule has 11 heteroatoms. The maximum absolute atomic E-state index is 12.9. The summed E-state index contributed by atoms with van der Waals surface area (Å²) < 4.78 is -0.0603. The Morgan fingerprint density at radius 2 is 2.17 bits per heavy atom. The third kappa shape index (κ3) is 5.60. The van der Waals surface area contributed by atoms with Crippen molar-refractivity contribution >= 4 is 55.3 Å². The second-order valence-electron chi connectivity index (χ2n) is 5.71. The quantitative estimate of drug-likeness (QED) is 0.175. The van der Waals surface area contributed by atoms with E-state index in [1.807, 2.05) is 0 Å². The molecule has 1 aliphatic rings. The minimum atomic E-state index is -0.654. The lowest BCUT2D eigenvalue weighted by atomic mass is 10.1. The first kappa shape index (κ1) is 22.0. The van der Waals surface area contributed by atoms with E-state index in [0.717, 1.165) is 0 Å². The van der Waals surface area contributed by atoms with E-state index in [1.54, 1.807) is 18.4 Å². The molecule has 1 atom stereocenters. The highest BCUT2D eigenvalue weighted by Gasteiger charge is 2.22. The zero-order chi connectivity index (χ0) is 21.6. The summed E-state index contributed by atoms with van der Waals surface area (Å²) in [6.07, 6.45) is 5.66. The maximum Gasteiger partial charge on any atom is 0.308 e. The fraction of sp³-hybridized carbons (Fsp3) is 0.111. The van der Waals surface area contributed by atoms with Crippen LogP contribution in [0.5, 0.6) is 0 Å². The van der Waals surface area contributed by atoms with Crippen LogP contribution in [0.4, 0.5) is 11.4 Å². The van der Waals surface area contributed by atoms with Crippen molar-refractivity contribution < 1.29 is 14.9 Å². The van der Waals surface area contributed by atoms with Crippen molar-refractivity contribution in [2.75, 3.05) is 18.1 Å². The number of nitrogen functional groups attached to an aromatic ring is 1. The third-order valence-corrected chi connectivity index (χ3v) is 4.30. The number of carbonyl (C=O) groups excluding carboxylic acids is 2. The molecule has 150 valence electrons. The monoisotopic (exact) mass is 478 g/mol. The van der Waals surface area contributed by atoms with Gasteiger partial charge in [-0.1, -0.05) is 16.9 Å². The van der Waals surface area contributed by atoms with Gasteiger partial charge < -0.3 is 27.0 Å². The molecule has 0 saturated carbocycles. The van der Waals surface area contributed by atoms with Crippen LogP contribution in [0.1, 0.15) is 15.9 Å². The molecule has 1 heterocycles. The number of amides is 2. The van der Waals surface area contributed by atoms with Crippen LogP contribution in [0.25, 0.3) is 0 Å². The van der Waals surface area contributed by atoms with Gasteiger partial charge in [0.2, 0.25) is 0 Å². The van der Waals surface area contributed by atoms with Gasteiger partial charge in [0.1, 0.15) is 17.4 Å². The molecule has 9 nitrogen and oxygen atoms in total. The highest BCUT2D eigenvalue weighted by atomic mass is 79.9. The number of benzene rings is 1. The summed E-state index contributed by atoms with van der Waals surface area (Å²) in [5.41, 5.74) is 6.49. The molecule has 0 fully saturated rings. The van der Waals surface area contributed by atoms with Crippen molar-refractivity contribution in [3.63, 3.8) is 0 Å². The van der Waals surface area contributed by atoms with Crippen molar-refractivity contribution in [2.24, 2.45) is 0 Å². The number of rotatable bonds is 6. The van der Waals surface area contributed by atoms with E-state index >= 15 is 0 Å². The second kappa shape index (κ2) is 9.77. The second-order valence-corrected chi connectivity index (χ2v) is 7.00. The van der Waals surface area contributed by atoms with E-state index < -0.39 is 18.0 Å². The molecule has 2 amide bonds. The highest BCUT2D eigenvalue weighted by Crippen LogP contribution is 2.26. The standard InChI is InChI=1S/C18H17BrClN7O2/c1-24-17(28)10-5-9(8-21)6-12(22)15(10)27-18(29)13(7-14(19)23)26-16-11(20)3-2-4-25-16/h2-7,16,23,25-26H,22H2,1H3,(H,24,28)(H,27,29)/p+1/b13-7-,23-14?. The molecule has 1 aromatic rings. The van der Waals surface area contributed by atoms with Gasteiger partial charge in [0.05, 0.1) is 26.6 Å². The SMILES string of the molecule is CNC(=O)c1cc(C#[NH+])cc(N)c1NC(=O)/C(=C/C(=N)Br)NC1NC=CC=C1Cl. The number of carbonyl (C=O) groups is 2. The lowest BCUT2D eigenvalue weighted by molar-refractivity contribution is -0.113. The van der Waals surface area contributed by atoms with E-state index in [0.29, 0.717) is 5.03 Å². The van der Waals surface area contributed by atoms with Gasteiger partial charge in [-0.05, 0) is 52.5 Å². The van der Waals surface area contributed by atoms with Crippen LogP contribution < -0.4 is 32.3 Å². The Hall–Kier alpha value is -3.29. The van der Waals surface area contributed by atoms with Crippen molar-refractivity contribution in [3.05, 3.63) is 58.4 Å². The summed E-state index contributed by atoms with van der Waals surface area (Å²) in [4.78, 5) is 25.1. The highest BCUT2D eigenvalue weighted by molar-refractivity contribution is 9.18. The Kier molecular flexibility index (Phi) is 7.41. The van der Waals surface area contributed by atoms with Gasteiger partial charge in [0, 0.05) is 7.05 Å². The summed E-state index contributed by atoms with van der Waals surface area (Å²) in [7, 11) is 1.43. The van der Waals surface area contributed by atoms with Crippen molar-refractivity contribution in [2.45, 2.75) is 6.17 Å². The number of nitrogens with two attached hydrogens (primary N) is 1. The van der Waals surface area contributed by atoms with Crippen molar-refractivity contribution in [1.82, 2.24) is 16.0 Å². The molecular formula is C18H18BrClN7O2+. The lowest BCUT2D eigenvalue weighted by Crippen LogP contribution is -2.43. The largest absolute Gasteiger partial charge is 0.397 e. The number of dihydropyridines is 1. The van der Waals surface area contributed by atoms with Gasteiger partial charge in [-0.15, -0.1) is 0 Å². The predicted octanol–water partition coefficient (Wildman–Crippen LogP) is 0.0991. The molecule has 1 unspecified atom stereocenters. The fourth-order valence-electron chi connectivity index (χ4n) is 2.40. The first-order valence-corrected chi connectivity index (χ1v) is 9.34. The molecule has 0 bridgehead atoms. The van der Waals surface area contributed by atoms with Crippen LogP contribution in [-0.4, -0.2) is 29.6 Å². The van der Waals surface area contributed by atoms with Gasteiger partial charge in [-0.25, -0.2) is 0 Å². The Morgan fingerprint density at radius 3 is 2.76 bits per heavy atom. The molecule has 0 aromatic heterocycles. The molecule has 0 radical (unpaired) electrons. The van der Waals surface area contributed by atoms with Crippen LogP contribution in [0.15, 0.2) is 47.3 Å². The zero-order valence-corrected chi connectivity index (χ0v) is 17.5. The number of anilines is 2. The number of halogens is 2. The van der Waals surface area contributed by atoms with E-state index in [9.17, 15) is 9.59 Å². The first-order valence-electron chi connectivity index (χ1n) is 8.17. The van der Waals surface area contributed by atoms with Crippen LogP contribution in [0.3, 0.4) is 0 Å². The lowest BCUT2D eigenvalue weighted by Gasteiger charge is -2.23. The normalized spacial score (nSPS) is 15.4. The molecule has 1 aliphatic heterocycles. The maximum atomic E-state index is 12.9. The van der Waals surface area contributed by atoms with Crippen LogP contribution in [-0.2, 0) is 4.79 Å². The van der Waals surface area contributed by atoms with Crippen LogP contribution in [0.2, 0.25) is 0 Å². The van der Waals surface area contributed by atoms with Gasteiger partial charge >= 0.3 is 6.07 Å². The number of hydrogen-bond donors (Lipinski definition) is 7. The summed E-state index contributed by atoms with van der Waals surface area (Å²) in [6.45, 7) is 0. The molecule has 1 aromatic carbocycles. The predicted molar refractivity (Wildman–Crippen MR) is 115 cm³/mol. The van der Waals surface area contributed by atoms with Crippen LogP contribution in [0, 0.1) is 11.5 Å². The average Bonchev–Trinajstić information content (AvgIpc) is 2.69. The van der Waals surface area contributed by atoms with Gasteiger partial charge in [0.25, 0.3) is 11.8 Å². The van der Waals surface area contributed by atoms with Crippen LogP contribution >= 0.6 is 27.5 Å². The van der Waals surface area contributed by atoms with Gasteiger partial charge in [0.15, 0.2) is 0 Å². The van der Waals surface area contributed by atoms with E-state index in [4.69, 9.17) is 28.0 Å². The topological polar surface area (TPSA) is 156 Å². The van der Waals surface area contributed by atoms with Gasteiger partial charge in [-0.3, -0.25) is 15.0 Å². The van der Waals surface area contributed by atoms with Crippen molar-refractivity contribution in [3.8, 4) is 6.07 Å². The molecular weight excluding hydrogens is 462 g/mol. The summed E-state index contributed by atoms with van der Waals surface area (Å²) in [5.74, 6) is -1.15. The number of hydrogen-bond acceptors (Lipinski definition) is 6. The Labute approximate surface area is 180 Å². The molecule has 0 saturated heterocycles.